The molecule has 0 saturated carbocycles. The molecule has 0 aliphatic carbocycles. The Morgan fingerprint density at radius 2 is 2.00 bits per heavy atom. The number of ether oxygens (including phenoxy) is 1. The number of aryl methyl sites for hydroxylation is 1. The summed E-state index contributed by atoms with van der Waals surface area (Å²) in [5, 5.41) is 0. The first kappa shape index (κ1) is 18.6. The molecule has 2 aliphatic rings. The minimum atomic E-state index is -0.619. The number of halogens is 1. The van der Waals surface area contributed by atoms with Gasteiger partial charge >= 0.3 is 0 Å². The highest BCUT2D eigenvalue weighted by molar-refractivity contribution is 5.96. The maximum absolute atomic E-state index is 13.3. The van der Waals surface area contributed by atoms with Crippen LogP contribution in [0.25, 0.3) is 0 Å². The van der Waals surface area contributed by atoms with Gasteiger partial charge in [-0.25, -0.2) is 4.39 Å². The first-order valence-electron chi connectivity index (χ1n) is 9.38. The van der Waals surface area contributed by atoms with Crippen molar-refractivity contribution in [2.24, 2.45) is 0 Å². The number of benzene rings is 1. The van der Waals surface area contributed by atoms with E-state index < -0.39 is 5.60 Å². The molecule has 4 rings (SSSR count). The van der Waals surface area contributed by atoms with E-state index in [2.05, 4.69) is 4.98 Å². The smallest absolute Gasteiger partial charge is 0.255 e. The lowest BCUT2D eigenvalue weighted by Gasteiger charge is -2.47. The number of anilines is 1. The lowest BCUT2D eigenvalue weighted by atomic mass is 9.90. The van der Waals surface area contributed by atoms with Gasteiger partial charge in [0.2, 0.25) is 0 Å². The van der Waals surface area contributed by atoms with E-state index in [1.165, 1.54) is 12.1 Å². The molecule has 2 aromatic rings. The van der Waals surface area contributed by atoms with Gasteiger partial charge in [-0.2, -0.15) is 0 Å². The maximum atomic E-state index is 13.3. The highest BCUT2D eigenvalue weighted by atomic mass is 19.1. The van der Waals surface area contributed by atoms with Gasteiger partial charge in [0.05, 0.1) is 18.7 Å². The topological polar surface area (TPSA) is 62.7 Å². The number of pyridine rings is 1. The van der Waals surface area contributed by atoms with Crippen molar-refractivity contribution in [2.45, 2.75) is 25.4 Å². The summed E-state index contributed by atoms with van der Waals surface area (Å²) in [6.07, 6.45) is 3.21. The van der Waals surface area contributed by atoms with Gasteiger partial charge in [-0.05, 0) is 56.2 Å². The average Bonchev–Trinajstić information content (AvgIpc) is 2.71. The largest absolute Gasteiger partial charge is 0.361 e. The normalized spacial score (nSPS) is 22.6. The SMILES string of the molecule is Cc1ncccc1C(=O)N1CCCC2(C1)CN(c1ccc(F)cc1)C(=O)CO2. The van der Waals surface area contributed by atoms with Gasteiger partial charge in [0, 0.05) is 24.1 Å². The maximum Gasteiger partial charge on any atom is 0.255 e. The lowest BCUT2D eigenvalue weighted by molar-refractivity contribution is -0.144. The molecule has 0 radical (unpaired) electrons. The second-order valence-electron chi connectivity index (χ2n) is 7.39. The number of amides is 2. The van der Waals surface area contributed by atoms with Crippen LogP contribution in [-0.4, -0.2) is 53.5 Å². The molecule has 3 heterocycles. The van der Waals surface area contributed by atoms with Gasteiger partial charge in [-0.15, -0.1) is 0 Å². The fourth-order valence-electron chi connectivity index (χ4n) is 3.97. The summed E-state index contributed by atoms with van der Waals surface area (Å²) in [6, 6.07) is 9.40. The van der Waals surface area contributed by atoms with Crippen LogP contribution >= 0.6 is 0 Å². The van der Waals surface area contributed by atoms with Crippen LogP contribution in [0, 0.1) is 12.7 Å². The molecule has 0 bridgehead atoms. The molecular formula is C21H22FN3O3. The number of nitrogens with zero attached hydrogens (tertiary/aromatic N) is 3. The quantitative estimate of drug-likeness (QED) is 0.800. The number of carbonyl (C=O) groups excluding carboxylic acids is 2. The van der Waals surface area contributed by atoms with Crippen molar-refractivity contribution in [2.75, 3.05) is 31.1 Å². The van der Waals surface area contributed by atoms with Crippen LogP contribution in [0.4, 0.5) is 10.1 Å². The summed E-state index contributed by atoms with van der Waals surface area (Å²) in [4.78, 5) is 33.0. The van der Waals surface area contributed by atoms with E-state index in [9.17, 15) is 14.0 Å². The van der Waals surface area contributed by atoms with Crippen LogP contribution in [0.3, 0.4) is 0 Å². The number of likely N-dealkylation sites (tertiary alicyclic amines) is 1. The Hall–Kier alpha value is -2.80. The van der Waals surface area contributed by atoms with Crippen LogP contribution < -0.4 is 4.90 Å². The first-order chi connectivity index (χ1) is 13.5. The molecule has 28 heavy (non-hydrogen) atoms. The molecule has 6 nitrogen and oxygen atoms in total. The monoisotopic (exact) mass is 383 g/mol. The number of carbonyl (C=O) groups is 2. The number of rotatable bonds is 2. The third-order valence-electron chi connectivity index (χ3n) is 5.45. The Labute approximate surface area is 162 Å². The van der Waals surface area contributed by atoms with Crippen molar-refractivity contribution in [3.8, 4) is 0 Å². The number of hydrogen-bond acceptors (Lipinski definition) is 4. The Morgan fingerprint density at radius 1 is 1.21 bits per heavy atom. The number of hydrogen-bond donors (Lipinski definition) is 0. The lowest BCUT2D eigenvalue weighted by Crippen LogP contribution is -2.62. The van der Waals surface area contributed by atoms with Crippen LogP contribution in [0.15, 0.2) is 42.6 Å². The minimum Gasteiger partial charge on any atom is -0.361 e. The average molecular weight is 383 g/mol. The second-order valence-corrected chi connectivity index (χ2v) is 7.39. The minimum absolute atomic E-state index is 0.0503. The van der Waals surface area contributed by atoms with E-state index in [0.717, 1.165) is 12.8 Å². The van der Waals surface area contributed by atoms with Gasteiger partial charge in [-0.1, -0.05) is 0 Å². The van der Waals surface area contributed by atoms with Crippen molar-refractivity contribution in [3.63, 3.8) is 0 Å². The molecule has 146 valence electrons. The molecule has 2 saturated heterocycles. The Bertz CT molecular complexity index is 902. The van der Waals surface area contributed by atoms with Crippen molar-refractivity contribution in [3.05, 3.63) is 59.7 Å². The van der Waals surface area contributed by atoms with E-state index in [1.807, 2.05) is 6.92 Å². The molecule has 0 N–H and O–H groups in total. The van der Waals surface area contributed by atoms with E-state index in [1.54, 1.807) is 40.3 Å². The summed E-state index contributed by atoms with van der Waals surface area (Å²) >= 11 is 0. The highest BCUT2D eigenvalue weighted by Gasteiger charge is 2.44. The molecule has 1 atom stereocenters. The summed E-state index contributed by atoms with van der Waals surface area (Å²) in [5.41, 5.74) is 1.30. The third-order valence-corrected chi connectivity index (χ3v) is 5.45. The summed E-state index contributed by atoms with van der Waals surface area (Å²) < 4.78 is 19.2. The van der Waals surface area contributed by atoms with Crippen molar-refractivity contribution < 1.29 is 18.7 Å². The van der Waals surface area contributed by atoms with Gasteiger partial charge in [0.1, 0.15) is 18.0 Å². The zero-order chi connectivity index (χ0) is 19.7. The summed E-state index contributed by atoms with van der Waals surface area (Å²) in [5.74, 6) is -0.581. The Balaban J connectivity index is 1.55. The number of morpholine rings is 1. The van der Waals surface area contributed by atoms with Crippen LogP contribution in [0.2, 0.25) is 0 Å². The predicted octanol–water partition coefficient (Wildman–Crippen LogP) is 2.57. The van der Waals surface area contributed by atoms with E-state index in [-0.39, 0.29) is 24.2 Å². The fourth-order valence-corrected chi connectivity index (χ4v) is 3.97. The third kappa shape index (κ3) is 3.49. The molecular weight excluding hydrogens is 361 g/mol. The molecule has 2 aliphatic heterocycles. The molecule has 1 unspecified atom stereocenters. The second kappa shape index (κ2) is 7.31. The van der Waals surface area contributed by atoms with Crippen LogP contribution in [0.1, 0.15) is 28.9 Å². The predicted molar refractivity (Wildman–Crippen MR) is 102 cm³/mol. The van der Waals surface area contributed by atoms with Crippen LogP contribution in [-0.2, 0) is 9.53 Å². The van der Waals surface area contributed by atoms with Gasteiger partial charge < -0.3 is 14.5 Å². The molecule has 1 aromatic carbocycles. The first-order valence-corrected chi connectivity index (χ1v) is 9.38. The summed E-state index contributed by atoms with van der Waals surface area (Å²) in [7, 11) is 0. The number of aromatic nitrogens is 1. The number of piperidine rings is 1. The molecule has 1 spiro atoms. The van der Waals surface area contributed by atoms with Gasteiger partial charge in [-0.3, -0.25) is 14.6 Å². The van der Waals surface area contributed by atoms with Crippen molar-refractivity contribution in [1.29, 1.82) is 0 Å². The Kier molecular flexibility index (Phi) is 4.85. The van der Waals surface area contributed by atoms with Gasteiger partial charge in [0.15, 0.2) is 0 Å². The highest BCUT2D eigenvalue weighted by Crippen LogP contribution is 2.32. The Morgan fingerprint density at radius 3 is 2.75 bits per heavy atom. The molecule has 7 heteroatoms. The van der Waals surface area contributed by atoms with Crippen molar-refractivity contribution >= 4 is 17.5 Å². The standard InChI is InChI=1S/C21H22FN3O3/c1-15-18(4-2-10-23-15)20(27)24-11-3-9-21(13-24)14-25(19(26)12-28-21)17-7-5-16(22)6-8-17/h2,4-8,10H,3,9,11-14H2,1H3. The zero-order valence-corrected chi connectivity index (χ0v) is 15.7. The summed E-state index contributed by atoms with van der Waals surface area (Å²) in [6.45, 7) is 3.16. The molecule has 1 aromatic heterocycles. The molecule has 2 amide bonds. The van der Waals surface area contributed by atoms with Crippen molar-refractivity contribution in [1.82, 2.24) is 9.88 Å². The van der Waals surface area contributed by atoms with Crippen LogP contribution in [0.5, 0.6) is 0 Å². The van der Waals surface area contributed by atoms with Gasteiger partial charge in [0.25, 0.3) is 11.8 Å². The molecule has 2 fully saturated rings. The fraction of sp³-hybridized carbons (Fsp3) is 0.381. The zero-order valence-electron chi connectivity index (χ0n) is 15.7. The van der Waals surface area contributed by atoms with E-state index >= 15 is 0 Å². The van der Waals surface area contributed by atoms with E-state index in [0.29, 0.717) is 36.6 Å². The van der Waals surface area contributed by atoms with E-state index in [4.69, 9.17) is 4.74 Å².